The molecule has 13 heteroatoms. The van der Waals surface area contributed by atoms with Gasteiger partial charge in [-0.1, -0.05) is 35.1 Å². The van der Waals surface area contributed by atoms with E-state index in [1.165, 1.54) is 12.1 Å². The summed E-state index contributed by atoms with van der Waals surface area (Å²) in [6.07, 6.45) is 2.09. The van der Waals surface area contributed by atoms with Gasteiger partial charge in [-0.2, -0.15) is 23.5 Å². The van der Waals surface area contributed by atoms with Gasteiger partial charge in [-0.05, 0) is 67.6 Å². The minimum Gasteiger partial charge on any atom is -0.370 e. The SMILES string of the molecule is N#CC1(NC(=O)[C@@H]2CCCC[C@H]2c2nn(-c3ccc(F)cc3)cc2-c2ccc(N3CC[SH](=O)(NCC(F)(F)F)CC3)cc2)CC1. The van der Waals surface area contributed by atoms with E-state index in [2.05, 4.69) is 16.1 Å². The first kappa shape index (κ1) is 31.2. The molecule has 3 aromatic rings. The van der Waals surface area contributed by atoms with Crippen molar-refractivity contribution < 1.29 is 26.6 Å². The number of carbonyl (C=O) groups is 1. The molecule has 6 rings (SSSR count). The van der Waals surface area contributed by atoms with Crippen molar-refractivity contribution in [2.24, 2.45) is 5.92 Å². The molecule has 0 bridgehead atoms. The number of carbonyl (C=O) groups excluding carboxylic acids is 1. The monoisotopic (exact) mass is 644 g/mol. The minimum absolute atomic E-state index is 0.122. The lowest BCUT2D eigenvalue weighted by Gasteiger charge is -2.37. The van der Waals surface area contributed by atoms with Gasteiger partial charge in [-0.15, -0.1) is 0 Å². The second kappa shape index (κ2) is 12.2. The molecule has 1 aliphatic heterocycles. The van der Waals surface area contributed by atoms with Crippen molar-refractivity contribution >= 4 is 21.7 Å². The van der Waals surface area contributed by atoms with Crippen LogP contribution in [0.25, 0.3) is 16.8 Å². The fourth-order valence-electron chi connectivity index (χ4n) is 6.39. The van der Waals surface area contributed by atoms with Gasteiger partial charge < -0.3 is 10.2 Å². The third kappa shape index (κ3) is 7.07. The topological polar surface area (TPSA) is 103 Å². The van der Waals surface area contributed by atoms with E-state index < -0.39 is 28.4 Å². The Labute approximate surface area is 260 Å². The lowest BCUT2D eigenvalue weighted by molar-refractivity contribution is -0.127. The molecule has 240 valence electrons. The van der Waals surface area contributed by atoms with Gasteiger partial charge in [0.05, 0.1) is 17.5 Å². The summed E-state index contributed by atoms with van der Waals surface area (Å²) in [5.41, 5.74) is 3.27. The summed E-state index contributed by atoms with van der Waals surface area (Å²) in [5.74, 6) is -0.694. The number of hydrogen-bond donors (Lipinski definition) is 3. The highest BCUT2D eigenvalue weighted by molar-refractivity contribution is 8.01. The summed E-state index contributed by atoms with van der Waals surface area (Å²) >= 11 is 0. The minimum atomic E-state index is -4.41. The second-order valence-corrected chi connectivity index (χ2v) is 15.3. The molecule has 2 aliphatic carbocycles. The number of anilines is 1. The first-order chi connectivity index (χ1) is 21.5. The molecule has 2 atom stereocenters. The Morgan fingerprint density at radius 1 is 1.02 bits per heavy atom. The fraction of sp³-hybridized carbons (Fsp3) is 0.469. The maximum atomic E-state index is 13.7. The van der Waals surface area contributed by atoms with Crippen molar-refractivity contribution in [2.75, 3.05) is 36.0 Å². The van der Waals surface area contributed by atoms with E-state index in [1.807, 2.05) is 35.4 Å². The van der Waals surface area contributed by atoms with Crippen molar-refractivity contribution in [3.63, 3.8) is 0 Å². The van der Waals surface area contributed by atoms with Crippen molar-refractivity contribution in [3.05, 3.63) is 66.2 Å². The summed E-state index contributed by atoms with van der Waals surface area (Å²) in [4.78, 5) is 15.5. The van der Waals surface area contributed by atoms with Crippen molar-refractivity contribution in [2.45, 2.75) is 56.2 Å². The van der Waals surface area contributed by atoms with Gasteiger partial charge in [-0.25, -0.2) is 9.07 Å². The van der Waals surface area contributed by atoms with Crippen LogP contribution in [-0.4, -0.2) is 62.8 Å². The van der Waals surface area contributed by atoms with E-state index in [4.69, 9.17) is 5.10 Å². The molecular formula is C32H36F4N6O2S. The van der Waals surface area contributed by atoms with Gasteiger partial charge in [0.25, 0.3) is 0 Å². The lowest BCUT2D eigenvalue weighted by Crippen LogP contribution is -2.52. The smallest absolute Gasteiger partial charge is 0.370 e. The highest BCUT2D eigenvalue weighted by atomic mass is 32.3. The average molecular weight is 645 g/mol. The Kier molecular flexibility index (Phi) is 8.47. The molecule has 3 aliphatic rings. The van der Waals surface area contributed by atoms with E-state index >= 15 is 0 Å². The quantitative estimate of drug-likeness (QED) is 0.236. The Morgan fingerprint density at radius 2 is 1.67 bits per heavy atom. The van der Waals surface area contributed by atoms with Gasteiger partial charge in [0, 0.05) is 53.9 Å². The van der Waals surface area contributed by atoms with Gasteiger partial charge in [-0.3, -0.25) is 13.7 Å². The normalized spacial score (nSPS) is 23.1. The molecule has 2 saturated carbocycles. The zero-order valence-corrected chi connectivity index (χ0v) is 25.6. The molecule has 1 amide bonds. The maximum Gasteiger partial charge on any atom is 0.402 e. The van der Waals surface area contributed by atoms with Gasteiger partial charge >= 0.3 is 6.18 Å². The summed E-state index contributed by atoms with van der Waals surface area (Å²) in [6.45, 7) is -0.508. The molecule has 2 heterocycles. The van der Waals surface area contributed by atoms with Crippen LogP contribution in [0.1, 0.15) is 50.1 Å². The van der Waals surface area contributed by atoms with E-state index in [0.717, 1.165) is 41.8 Å². The third-order valence-electron chi connectivity index (χ3n) is 9.19. The largest absolute Gasteiger partial charge is 0.402 e. The highest BCUT2D eigenvalue weighted by Gasteiger charge is 2.47. The van der Waals surface area contributed by atoms with E-state index in [1.54, 1.807) is 16.8 Å². The van der Waals surface area contributed by atoms with Crippen LogP contribution >= 0.6 is 0 Å². The number of hydrogen-bond acceptors (Lipinski definition) is 5. The van der Waals surface area contributed by atoms with E-state index in [9.17, 15) is 31.8 Å². The predicted octanol–water partition coefficient (Wildman–Crippen LogP) is 5.03. The number of rotatable bonds is 8. The first-order valence-electron chi connectivity index (χ1n) is 15.3. The third-order valence-corrected chi connectivity index (χ3v) is 11.8. The molecule has 45 heavy (non-hydrogen) atoms. The Hall–Kier alpha value is -3.76. The van der Waals surface area contributed by atoms with Crippen LogP contribution < -0.4 is 14.9 Å². The van der Waals surface area contributed by atoms with Crippen LogP contribution in [0.2, 0.25) is 0 Å². The average Bonchev–Trinajstić information content (AvgIpc) is 3.67. The van der Waals surface area contributed by atoms with Gasteiger partial charge in [0.2, 0.25) is 5.91 Å². The van der Waals surface area contributed by atoms with Crippen LogP contribution in [0, 0.1) is 23.1 Å². The van der Waals surface area contributed by atoms with Crippen LogP contribution in [0.4, 0.5) is 23.2 Å². The number of aromatic nitrogens is 2. The number of nitrogens with one attached hydrogen (secondary N) is 2. The first-order valence-corrected chi connectivity index (χ1v) is 17.4. The van der Waals surface area contributed by atoms with Crippen LogP contribution in [0.3, 0.4) is 0 Å². The lowest BCUT2D eigenvalue weighted by atomic mass is 9.75. The standard InChI is InChI=1S/C32H36F4N6O2S/c33-23-7-11-25(12-8-23)42-19-28(29(40-42)26-3-1-2-4-27(26)30(43)39-31(20-37)13-14-31)22-5-9-24(10-6-22)41-15-17-45(44,18-16-41)38-21-32(34,35)36/h5-12,19,26-27,45H,1-4,13-18,21H2,(H,38,44)(H,39,43)/t26-,27-/m1/s1. The summed E-state index contributed by atoms with van der Waals surface area (Å²) < 4.78 is 68.5. The number of thiol groups is 1. The molecule has 0 radical (unpaired) electrons. The van der Waals surface area contributed by atoms with Crippen LogP contribution in [0.5, 0.6) is 0 Å². The molecule has 2 aromatic carbocycles. The molecule has 1 aromatic heterocycles. The Morgan fingerprint density at radius 3 is 2.29 bits per heavy atom. The van der Waals surface area contributed by atoms with E-state index in [0.29, 0.717) is 38.0 Å². The zero-order chi connectivity index (χ0) is 31.8. The number of nitriles is 1. The molecule has 0 unspecified atom stereocenters. The molecular weight excluding hydrogens is 608 g/mol. The highest BCUT2D eigenvalue weighted by Crippen LogP contribution is 2.43. The van der Waals surface area contributed by atoms with Crippen molar-refractivity contribution in [1.29, 1.82) is 5.26 Å². The Bertz CT molecular complexity index is 1620. The Balaban J connectivity index is 1.26. The van der Waals surface area contributed by atoms with Crippen molar-refractivity contribution in [1.82, 2.24) is 19.8 Å². The fourth-order valence-corrected chi connectivity index (χ4v) is 8.53. The summed E-state index contributed by atoms with van der Waals surface area (Å²) in [6, 6.07) is 16.0. The molecule has 1 saturated heterocycles. The number of benzene rings is 2. The van der Waals surface area contributed by atoms with Gasteiger partial charge in [0.1, 0.15) is 17.9 Å². The second-order valence-electron chi connectivity index (χ2n) is 12.4. The predicted molar refractivity (Wildman–Crippen MR) is 165 cm³/mol. The molecule has 8 nitrogen and oxygen atoms in total. The molecule has 0 spiro atoms. The number of alkyl halides is 3. The van der Waals surface area contributed by atoms with Crippen LogP contribution in [0.15, 0.2) is 54.7 Å². The van der Waals surface area contributed by atoms with Gasteiger partial charge in [0.15, 0.2) is 0 Å². The maximum absolute atomic E-state index is 13.7. The number of amides is 1. The zero-order valence-electron chi connectivity index (χ0n) is 24.7. The number of nitrogens with zero attached hydrogens (tertiary/aromatic N) is 4. The number of halogens is 4. The molecule has 3 fully saturated rings. The summed E-state index contributed by atoms with van der Waals surface area (Å²) in [5, 5.41) is 17.5. The van der Waals surface area contributed by atoms with Crippen molar-refractivity contribution in [3.8, 4) is 22.9 Å². The molecule has 2 N–H and O–H groups in total. The van der Waals surface area contributed by atoms with E-state index in [-0.39, 0.29) is 35.1 Å². The van der Waals surface area contributed by atoms with Crippen LogP contribution in [-0.2, 0) is 14.9 Å². The summed E-state index contributed by atoms with van der Waals surface area (Å²) in [7, 11) is -3.10.